The third-order valence-corrected chi connectivity index (χ3v) is 2.31. The maximum Gasteiger partial charge on any atom is 0.387 e. The molecule has 0 saturated carbocycles. The lowest BCUT2D eigenvalue weighted by molar-refractivity contribution is -0.0514. The summed E-state index contributed by atoms with van der Waals surface area (Å²) < 4.78 is 34.2. The summed E-state index contributed by atoms with van der Waals surface area (Å²) in [5, 5.41) is 3.15. The van der Waals surface area contributed by atoms with E-state index in [4.69, 9.17) is 4.74 Å². The fourth-order valence-corrected chi connectivity index (χ4v) is 1.51. The van der Waals surface area contributed by atoms with Crippen LogP contribution < -0.4 is 14.8 Å². The van der Waals surface area contributed by atoms with Crippen LogP contribution in [0.2, 0.25) is 0 Å². The monoisotopic (exact) mass is 271 g/mol. The molecule has 1 rings (SSSR count). The summed E-state index contributed by atoms with van der Waals surface area (Å²) in [4.78, 5) is 0. The number of likely N-dealkylation sites (N-methyl/N-ethyl adjacent to an activating group) is 1. The Balaban J connectivity index is 2.79. The first-order chi connectivity index (χ1) is 9.17. The summed E-state index contributed by atoms with van der Waals surface area (Å²) in [6.45, 7) is 3.02. The fourth-order valence-electron chi connectivity index (χ4n) is 1.51. The summed E-state index contributed by atoms with van der Waals surface area (Å²) in [6.07, 6.45) is 3.86. The van der Waals surface area contributed by atoms with Crippen molar-refractivity contribution in [2.24, 2.45) is 0 Å². The highest BCUT2D eigenvalue weighted by Crippen LogP contribution is 2.30. The van der Waals surface area contributed by atoms with Crippen molar-refractivity contribution in [2.45, 2.75) is 20.5 Å². The third kappa shape index (κ3) is 5.70. The van der Waals surface area contributed by atoms with E-state index < -0.39 is 6.61 Å². The number of ether oxygens (including phenoxy) is 2. The van der Waals surface area contributed by atoms with Gasteiger partial charge in [-0.3, -0.25) is 0 Å². The van der Waals surface area contributed by atoms with Gasteiger partial charge in [0.2, 0.25) is 0 Å². The largest absolute Gasteiger partial charge is 0.490 e. The van der Waals surface area contributed by atoms with Gasteiger partial charge in [0.1, 0.15) is 0 Å². The van der Waals surface area contributed by atoms with E-state index in [1.165, 1.54) is 6.07 Å². The van der Waals surface area contributed by atoms with Crippen molar-refractivity contribution in [3.8, 4) is 11.5 Å². The molecule has 1 aromatic carbocycles. The fraction of sp³-hybridized carbons (Fsp3) is 0.429. The predicted octanol–water partition coefficient (Wildman–Crippen LogP) is 3.31. The third-order valence-electron chi connectivity index (χ3n) is 2.31. The van der Waals surface area contributed by atoms with Crippen molar-refractivity contribution in [1.29, 1.82) is 0 Å². The number of hydrogen-bond acceptors (Lipinski definition) is 3. The number of halogens is 2. The Morgan fingerprint density at radius 1 is 1.26 bits per heavy atom. The zero-order valence-electron chi connectivity index (χ0n) is 11.2. The van der Waals surface area contributed by atoms with Gasteiger partial charge in [-0.25, -0.2) is 0 Å². The molecule has 0 aromatic heterocycles. The van der Waals surface area contributed by atoms with Crippen LogP contribution in [0, 0.1) is 0 Å². The highest BCUT2D eigenvalue weighted by molar-refractivity contribution is 5.56. The van der Waals surface area contributed by atoms with Crippen LogP contribution in [-0.2, 0) is 0 Å². The lowest BCUT2D eigenvalue weighted by atomic mass is 10.2. The van der Waals surface area contributed by atoms with Crippen molar-refractivity contribution in [2.75, 3.05) is 19.7 Å². The molecule has 0 atom stereocenters. The number of alkyl halides is 2. The van der Waals surface area contributed by atoms with Crippen molar-refractivity contribution in [3.63, 3.8) is 0 Å². The Labute approximate surface area is 112 Å². The normalized spacial score (nSPS) is 11.2. The zero-order chi connectivity index (χ0) is 14.1. The molecule has 0 aliphatic carbocycles. The smallest absolute Gasteiger partial charge is 0.387 e. The average Bonchev–Trinajstić information content (AvgIpc) is 2.37. The molecular weight excluding hydrogens is 252 g/mol. The minimum absolute atomic E-state index is 0.0562. The SMILES string of the molecule is CCNCC=Cc1ccc(OC(F)F)c(OCC)c1. The maximum absolute atomic E-state index is 12.2. The second kappa shape index (κ2) is 8.48. The lowest BCUT2D eigenvalue weighted by Gasteiger charge is -2.11. The van der Waals surface area contributed by atoms with Gasteiger partial charge >= 0.3 is 6.61 Å². The van der Waals surface area contributed by atoms with Crippen molar-refractivity contribution >= 4 is 6.08 Å². The van der Waals surface area contributed by atoms with Crippen LogP contribution in [0.15, 0.2) is 24.3 Å². The van der Waals surface area contributed by atoms with Crippen molar-refractivity contribution in [3.05, 3.63) is 29.8 Å². The Kier molecular flexibility index (Phi) is 6.89. The maximum atomic E-state index is 12.2. The van der Waals surface area contributed by atoms with Gasteiger partial charge in [-0.1, -0.05) is 25.1 Å². The molecule has 0 spiro atoms. The van der Waals surface area contributed by atoms with Crippen LogP contribution in [0.3, 0.4) is 0 Å². The summed E-state index contributed by atoms with van der Waals surface area (Å²) in [7, 11) is 0. The van der Waals surface area contributed by atoms with Gasteiger partial charge < -0.3 is 14.8 Å². The molecule has 1 aromatic rings. The van der Waals surface area contributed by atoms with Gasteiger partial charge in [-0.15, -0.1) is 0 Å². The van der Waals surface area contributed by atoms with Gasteiger partial charge in [-0.05, 0) is 31.2 Å². The molecular formula is C14H19F2NO2. The molecule has 0 amide bonds. The van der Waals surface area contributed by atoms with E-state index in [1.807, 2.05) is 19.1 Å². The van der Waals surface area contributed by atoms with Crippen molar-refractivity contribution in [1.82, 2.24) is 5.32 Å². The van der Waals surface area contributed by atoms with Gasteiger partial charge in [-0.2, -0.15) is 8.78 Å². The first kappa shape index (κ1) is 15.4. The Hall–Kier alpha value is -1.62. The molecule has 106 valence electrons. The number of hydrogen-bond donors (Lipinski definition) is 1. The molecule has 0 heterocycles. The number of rotatable bonds is 8. The molecule has 0 radical (unpaired) electrons. The van der Waals surface area contributed by atoms with Crippen molar-refractivity contribution < 1.29 is 18.3 Å². The molecule has 0 saturated heterocycles. The first-order valence-electron chi connectivity index (χ1n) is 6.26. The molecule has 0 unspecified atom stereocenters. The predicted molar refractivity (Wildman–Crippen MR) is 71.8 cm³/mol. The van der Waals surface area contributed by atoms with Gasteiger partial charge in [0.05, 0.1) is 6.61 Å². The zero-order valence-corrected chi connectivity index (χ0v) is 11.2. The second-order valence-electron chi connectivity index (χ2n) is 3.73. The van der Waals surface area contributed by atoms with Crippen LogP contribution in [0.1, 0.15) is 19.4 Å². The summed E-state index contributed by atoms with van der Waals surface area (Å²) >= 11 is 0. The van der Waals surface area contributed by atoms with Gasteiger partial charge in [0, 0.05) is 6.54 Å². The van der Waals surface area contributed by atoms with Gasteiger partial charge in [0.15, 0.2) is 11.5 Å². The Morgan fingerprint density at radius 3 is 2.68 bits per heavy atom. The minimum Gasteiger partial charge on any atom is -0.490 e. The summed E-state index contributed by atoms with van der Waals surface area (Å²) in [5.41, 5.74) is 0.878. The highest BCUT2D eigenvalue weighted by atomic mass is 19.3. The van der Waals surface area contributed by atoms with E-state index in [0.29, 0.717) is 12.4 Å². The quantitative estimate of drug-likeness (QED) is 0.736. The van der Waals surface area contributed by atoms with E-state index in [9.17, 15) is 8.78 Å². The highest BCUT2D eigenvalue weighted by Gasteiger charge is 2.10. The Bertz CT molecular complexity index is 408. The van der Waals surface area contributed by atoms with Crippen LogP contribution in [0.5, 0.6) is 11.5 Å². The molecule has 0 fully saturated rings. The molecule has 5 heteroatoms. The number of benzene rings is 1. The van der Waals surface area contributed by atoms with Crippen LogP contribution in [-0.4, -0.2) is 26.3 Å². The first-order valence-corrected chi connectivity index (χ1v) is 6.26. The van der Waals surface area contributed by atoms with E-state index >= 15 is 0 Å². The summed E-state index contributed by atoms with van der Waals surface area (Å²) in [5.74, 6) is 0.383. The number of nitrogens with one attached hydrogen (secondary N) is 1. The minimum atomic E-state index is -2.85. The molecule has 1 N–H and O–H groups in total. The molecule has 3 nitrogen and oxygen atoms in total. The van der Waals surface area contributed by atoms with Gasteiger partial charge in [0.25, 0.3) is 0 Å². The molecule has 0 aliphatic rings. The average molecular weight is 271 g/mol. The second-order valence-corrected chi connectivity index (χ2v) is 3.73. The van der Waals surface area contributed by atoms with E-state index in [2.05, 4.69) is 10.1 Å². The molecule has 0 bridgehead atoms. The van der Waals surface area contributed by atoms with Crippen LogP contribution in [0.25, 0.3) is 6.08 Å². The standard InChI is InChI=1S/C14H19F2NO2/c1-3-17-9-5-6-11-7-8-12(19-14(15)16)13(10-11)18-4-2/h5-8,10,14,17H,3-4,9H2,1-2H3. The van der Waals surface area contributed by atoms with E-state index in [1.54, 1.807) is 19.1 Å². The van der Waals surface area contributed by atoms with E-state index in [0.717, 1.165) is 18.7 Å². The molecule has 19 heavy (non-hydrogen) atoms. The summed E-state index contributed by atoms with van der Waals surface area (Å²) in [6, 6.07) is 4.89. The lowest BCUT2D eigenvalue weighted by Crippen LogP contribution is -2.11. The van der Waals surface area contributed by atoms with Crippen LogP contribution >= 0.6 is 0 Å². The topological polar surface area (TPSA) is 30.5 Å². The van der Waals surface area contributed by atoms with Crippen LogP contribution in [0.4, 0.5) is 8.78 Å². The van der Waals surface area contributed by atoms with E-state index in [-0.39, 0.29) is 5.75 Å². The Morgan fingerprint density at radius 2 is 2.05 bits per heavy atom. The molecule has 0 aliphatic heterocycles.